The van der Waals surface area contributed by atoms with E-state index >= 15 is 0 Å². The highest BCUT2D eigenvalue weighted by atomic mass is 32.2. The predicted octanol–water partition coefficient (Wildman–Crippen LogP) is 3.85. The first kappa shape index (κ1) is 21.8. The highest BCUT2D eigenvalue weighted by molar-refractivity contribution is 7.99. The van der Waals surface area contributed by atoms with Crippen LogP contribution in [0.5, 0.6) is 0 Å². The Hall–Kier alpha value is -3.44. The van der Waals surface area contributed by atoms with Crippen LogP contribution in [0.25, 0.3) is 11.1 Å². The molecular weight excluding hydrogens is 450 g/mol. The number of nitrogens with one attached hydrogen (secondary N) is 2. The number of aromatic nitrogens is 3. The SMILES string of the molecule is Cc1ccnc(NS(=O)(=O)c2ccc(NC(=O)CCSc3nc4ccccc4o3)cc2)n1. The number of aryl methyl sites for hydroxylation is 1. The molecule has 0 aliphatic heterocycles. The molecule has 4 rings (SSSR count). The Kier molecular flexibility index (Phi) is 6.37. The second-order valence-electron chi connectivity index (χ2n) is 6.75. The van der Waals surface area contributed by atoms with Crippen molar-refractivity contribution in [2.75, 3.05) is 15.8 Å². The number of sulfonamides is 1. The zero-order chi connectivity index (χ0) is 22.6. The first-order valence-electron chi connectivity index (χ1n) is 9.60. The smallest absolute Gasteiger partial charge is 0.264 e. The largest absolute Gasteiger partial charge is 0.431 e. The fraction of sp³-hybridized carbons (Fsp3) is 0.143. The molecule has 164 valence electrons. The third-order valence-corrected chi connectivity index (χ3v) is 6.47. The first-order valence-corrected chi connectivity index (χ1v) is 12.1. The van der Waals surface area contributed by atoms with Gasteiger partial charge in [-0.15, -0.1) is 0 Å². The van der Waals surface area contributed by atoms with Crippen LogP contribution in [-0.4, -0.2) is 35.0 Å². The van der Waals surface area contributed by atoms with Crippen molar-refractivity contribution in [2.24, 2.45) is 0 Å². The highest BCUT2D eigenvalue weighted by Crippen LogP contribution is 2.24. The molecule has 2 aromatic carbocycles. The van der Waals surface area contributed by atoms with Crippen LogP contribution in [0.15, 0.2) is 75.3 Å². The molecule has 0 unspecified atom stereocenters. The van der Waals surface area contributed by atoms with Crippen molar-refractivity contribution in [2.45, 2.75) is 23.5 Å². The molecular formula is C21H19N5O4S2. The molecule has 0 atom stereocenters. The maximum absolute atomic E-state index is 12.5. The van der Waals surface area contributed by atoms with Gasteiger partial charge in [-0.25, -0.2) is 28.1 Å². The fourth-order valence-corrected chi connectivity index (χ4v) is 4.49. The topological polar surface area (TPSA) is 127 Å². The van der Waals surface area contributed by atoms with E-state index in [4.69, 9.17) is 4.42 Å². The van der Waals surface area contributed by atoms with Crippen LogP contribution in [0, 0.1) is 6.92 Å². The van der Waals surface area contributed by atoms with Gasteiger partial charge >= 0.3 is 0 Å². The summed E-state index contributed by atoms with van der Waals surface area (Å²) in [4.78, 5) is 24.5. The predicted molar refractivity (Wildman–Crippen MR) is 122 cm³/mol. The molecule has 2 heterocycles. The molecule has 1 amide bonds. The second-order valence-corrected chi connectivity index (χ2v) is 9.47. The quantitative estimate of drug-likeness (QED) is 0.373. The zero-order valence-corrected chi connectivity index (χ0v) is 18.6. The van der Waals surface area contributed by atoms with Crippen LogP contribution in [0.2, 0.25) is 0 Å². The molecule has 11 heteroatoms. The van der Waals surface area contributed by atoms with E-state index < -0.39 is 10.0 Å². The van der Waals surface area contributed by atoms with E-state index in [0.29, 0.717) is 27.9 Å². The van der Waals surface area contributed by atoms with Crippen LogP contribution in [-0.2, 0) is 14.8 Å². The monoisotopic (exact) mass is 469 g/mol. The Bertz CT molecular complexity index is 1320. The maximum atomic E-state index is 12.5. The van der Waals surface area contributed by atoms with Crippen LogP contribution in [0.4, 0.5) is 11.6 Å². The number of oxazole rings is 1. The number of rotatable bonds is 8. The van der Waals surface area contributed by atoms with Gasteiger partial charge in [-0.2, -0.15) is 0 Å². The number of carbonyl (C=O) groups is 1. The van der Waals surface area contributed by atoms with E-state index in [-0.39, 0.29) is 23.2 Å². The van der Waals surface area contributed by atoms with Gasteiger partial charge in [0.25, 0.3) is 15.2 Å². The average molecular weight is 470 g/mol. The molecule has 0 radical (unpaired) electrons. The summed E-state index contributed by atoms with van der Waals surface area (Å²) >= 11 is 1.35. The minimum Gasteiger partial charge on any atom is -0.431 e. The number of fused-ring (bicyclic) bond motifs is 1. The van der Waals surface area contributed by atoms with Gasteiger partial charge in [0.05, 0.1) is 4.90 Å². The number of carbonyl (C=O) groups excluding carboxylic acids is 1. The van der Waals surface area contributed by atoms with Gasteiger partial charge in [0.1, 0.15) is 5.52 Å². The Labute approximate surface area is 188 Å². The Morgan fingerprint density at radius 1 is 1.06 bits per heavy atom. The minimum atomic E-state index is -3.84. The number of benzene rings is 2. The number of amides is 1. The number of anilines is 2. The van der Waals surface area contributed by atoms with Gasteiger partial charge < -0.3 is 9.73 Å². The van der Waals surface area contributed by atoms with Crippen molar-refractivity contribution >= 4 is 50.4 Å². The molecule has 0 aliphatic carbocycles. The third-order valence-electron chi connectivity index (χ3n) is 4.30. The van der Waals surface area contributed by atoms with Gasteiger partial charge in [0.2, 0.25) is 11.9 Å². The summed E-state index contributed by atoms with van der Waals surface area (Å²) in [5.41, 5.74) is 2.62. The summed E-state index contributed by atoms with van der Waals surface area (Å²) in [7, 11) is -3.84. The summed E-state index contributed by atoms with van der Waals surface area (Å²) in [5, 5.41) is 3.26. The summed E-state index contributed by atoms with van der Waals surface area (Å²) in [5.74, 6) is 0.292. The standard InChI is InChI=1S/C21H19N5O4S2/c1-14-10-12-22-20(23-14)26-32(28,29)16-8-6-15(7-9-16)24-19(27)11-13-31-21-25-17-4-2-3-5-18(17)30-21/h2-10,12H,11,13H2,1H3,(H,24,27)(H,22,23,26). The van der Waals surface area contributed by atoms with E-state index in [9.17, 15) is 13.2 Å². The van der Waals surface area contributed by atoms with Crippen LogP contribution in [0.1, 0.15) is 12.1 Å². The number of thioether (sulfide) groups is 1. The Balaban J connectivity index is 1.30. The van der Waals surface area contributed by atoms with Crippen LogP contribution >= 0.6 is 11.8 Å². The number of hydrogen-bond acceptors (Lipinski definition) is 8. The highest BCUT2D eigenvalue weighted by Gasteiger charge is 2.16. The van der Waals surface area contributed by atoms with Crippen molar-refractivity contribution in [3.8, 4) is 0 Å². The van der Waals surface area contributed by atoms with Gasteiger partial charge in [-0.3, -0.25) is 4.79 Å². The molecule has 2 aromatic heterocycles. The molecule has 0 fully saturated rings. The van der Waals surface area contributed by atoms with Crippen molar-refractivity contribution in [3.63, 3.8) is 0 Å². The third kappa shape index (κ3) is 5.42. The number of para-hydroxylation sites is 2. The van der Waals surface area contributed by atoms with Gasteiger partial charge in [-0.1, -0.05) is 23.9 Å². The van der Waals surface area contributed by atoms with Crippen molar-refractivity contribution in [1.29, 1.82) is 0 Å². The summed E-state index contributed by atoms with van der Waals surface area (Å²) < 4.78 is 32.9. The Morgan fingerprint density at radius 3 is 2.59 bits per heavy atom. The van der Waals surface area contributed by atoms with Crippen molar-refractivity contribution < 1.29 is 17.6 Å². The lowest BCUT2D eigenvalue weighted by Crippen LogP contribution is -2.16. The molecule has 0 saturated heterocycles. The fourth-order valence-electron chi connectivity index (χ4n) is 2.76. The van der Waals surface area contributed by atoms with Crippen LogP contribution < -0.4 is 10.0 Å². The molecule has 2 N–H and O–H groups in total. The lowest BCUT2D eigenvalue weighted by atomic mass is 10.3. The van der Waals surface area contributed by atoms with Gasteiger partial charge in [0, 0.05) is 29.8 Å². The molecule has 4 aromatic rings. The van der Waals surface area contributed by atoms with E-state index in [1.54, 1.807) is 13.0 Å². The zero-order valence-electron chi connectivity index (χ0n) is 17.0. The van der Waals surface area contributed by atoms with Crippen LogP contribution in [0.3, 0.4) is 0 Å². The van der Waals surface area contributed by atoms with E-state index in [0.717, 1.165) is 5.52 Å². The lowest BCUT2D eigenvalue weighted by molar-refractivity contribution is -0.115. The Morgan fingerprint density at radius 2 is 1.84 bits per heavy atom. The average Bonchev–Trinajstić information content (AvgIpc) is 3.16. The minimum absolute atomic E-state index is 0.00109. The molecule has 0 bridgehead atoms. The molecule has 9 nitrogen and oxygen atoms in total. The normalized spacial score (nSPS) is 11.4. The van der Waals surface area contributed by atoms with E-state index in [1.807, 2.05) is 24.3 Å². The van der Waals surface area contributed by atoms with Gasteiger partial charge in [0.15, 0.2) is 5.58 Å². The molecule has 0 spiro atoms. The number of hydrogen-bond donors (Lipinski definition) is 2. The summed E-state index contributed by atoms with van der Waals surface area (Å²) in [6.07, 6.45) is 1.72. The van der Waals surface area contributed by atoms with E-state index in [2.05, 4.69) is 25.0 Å². The molecule has 0 aliphatic rings. The number of nitrogens with zero attached hydrogens (tertiary/aromatic N) is 3. The van der Waals surface area contributed by atoms with E-state index in [1.165, 1.54) is 42.2 Å². The molecule has 32 heavy (non-hydrogen) atoms. The first-order chi connectivity index (χ1) is 15.4. The summed E-state index contributed by atoms with van der Waals surface area (Å²) in [6.45, 7) is 1.74. The van der Waals surface area contributed by atoms with Crippen molar-refractivity contribution in [1.82, 2.24) is 15.0 Å². The summed E-state index contributed by atoms with van der Waals surface area (Å²) in [6, 6.07) is 15.0. The van der Waals surface area contributed by atoms with Crippen molar-refractivity contribution in [3.05, 3.63) is 66.5 Å². The van der Waals surface area contributed by atoms with Gasteiger partial charge in [-0.05, 0) is 49.4 Å². The second kappa shape index (κ2) is 9.37. The maximum Gasteiger partial charge on any atom is 0.264 e. The molecule has 0 saturated carbocycles. The lowest BCUT2D eigenvalue weighted by Gasteiger charge is -2.08.